The van der Waals surface area contributed by atoms with Gasteiger partial charge >= 0.3 is 0 Å². The van der Waals surface area contributed by atoms with Crippen LogP contribution in [0.4, 0.5) is 5.69 Å². The molecule has 1 amide bonds. The second-order valence-electron chi connectivity index (χ2n) is 5.65. The number of amides is 1. The monoisotopic (exact) mass is 278 g/mol. The molecule has 20 heavy (non-hydrogen) atoms. The number of benzene rings is 1. The molecule has 0 aliphatic carbocycles. The number of hydrogen-bond donors (Lipinski definition) is 2. The Kier molecular flexibility index (Phi) is 4.30. The van der Waals surface area contributed by atoms with Gasteiger partial charge < -0.3 is 15.2 Å². The number of nitrogens with one attached hydrogen (secondary N) is 1. The molecule has 1 saturated heterocycles. The quantitative estimate of drug-likeness (QED) is 0.853. The summed E-state index contributed by atoms with van der Waals surface area (Å²) in [5.74, 6) is 0.750. The molecule has 1 heterocycles. The lowest BCUT2D eigenvalue weighted by molar-refractivity contribution is -0.139. The SMILES string of the molecule is COc1ccccc1NC(=O)CN1CC(O)(C(C)C)C1. The number of hydrogen-bond acceptors (Lipinski definition) is 4. The fourth-order valence-electron chi connectivity index (χ4n) is 2.35. The first-order chi connectivity index (χ1) is 9.44. The molecule has 0 radical (unpaired) electrons. The number of likely N-dealkylation sites (tertiary alicyclic amines) is 1. The number of ether oxygens (including phenoxy) is 1. The van der Waals surface area contributed by atoms with Crippen LogP contribution in [0.2, 0.25) is 0 Å². The second-order valence-corrected chi connectivity index (χ2v) is 5.65. The molecule has 0 saturated carbocycles. The summed E-state index contributed by atoms with van der Waals surface area (Å²) in [5, 5.41) is 13.0. The van der Waals surface area contributed by atoms with Crippen molar-refractivity contribution in [1.82, 2.24) is 4.90 Å². The molecule has 1 aromatic carbocycles. The van der Waals surface area contributed by atoms with Crippen LogP contribution in [-0.4, -0.2) is 48.3 Å². The van der Waals surface area contributed by atoms with Crippen molar-refractivity contribution in [3.8, 4) is 5.75 Å². The maximum absolute atomic E-state index is 12.0. The molecule has 1 aliphatic heterocycles. The Bertz CT molecular complexity index is 482. The van der Waals surface area contributed by atoms with E-state index in [0.29, 0.717) is 24.5 Å². The Balaban J connectivity index is 1.85. The molecule has 2 N–H and O–H groups in total. The predicted octanol–water partition coefficient (Wildman–Crippen LogP) is 1.34. The number of aliphatic hydroxyl groups is 1. The van der Waals surface area contributed by atoms with E-state index in [1.54, 1.807) is 19.2 Å². The molecular weight excluding hydrogens is 256 g/mol. The number of anilines is 1. The highest BCUT2D eigenvalue weighted by molar-refractivity contribution is 5.93. The van der Waals surface area contributed by atoms with Gasteiger partial charge in [-0.25, -0.2) is 0 Å². The van der Waals surface area contributed by atoms with Gasteiger partial charge in [0.25, 0.3) is 0 Å². The van der Waals surface area contributed by atoms with Crippen molar-refractivity contribution in [2.45, 2.75) is 19.4 Å². The van der Waals surface area contributed by atoms with E-state index in [-0.39, 0.29) is 18.4 Å². The van der Waals surface area contributed by atoms with Crippen molar-refractivity contribution in [3.63, 3.8) is 0 Å². The summed E-state index contributed by atoms with van der Waals surface area (Å²) in [6.07, 6.45) is 0. The van der Waals surface area contributed by atoms with Gasteiger partial charge in [-0.1, -0.05) is 26.0 Å². The number of rotatable bonds is 5. The van der Waals surface area contributed by atoms with Crippen molar-refractivity contribution in [1.29, 1.82) is 0 Å². The van der Waals surface area contributed by atoms with Crippen molar-refractivity contribution in [3.05, 3.63) is 24.3 Å². The summed E-state index contributed by atoms with van der Waals surface area (Å²) < 4.78 is 5.19. The highest BCUT2D eigenvalue weighted by atomic mass is 16.5. The number of nitrogens with zero attached hydrogens (tertiary/aromatic N) is 1. The van der Waals surface area contributed by atoms with Crippen LogP contribution in [0.25, 0.3) is 0 Å². The van der Waals surface area contributed by atoms with Gasteiger partial charge in [-0.2, -0.15) is 0 Å². The number of methoxy groups -OCH3 is 1. The Hall–Kier alpha value is -1.59. The maximum Gasteiger partial charge on any atom is 0.238 e. The van der Waals surface area contributed by atoms with Crippen LogP contribution < -0.4 is 10.1 Å². The highest BCUT2D eigenvalue weighted by Gasteiger charge is 2.43. The van der Waals surface area contributed by atoms with E-state index in [1.165, 1.54) is 0 Å². The van der Waals surface area contributed by atoms with Crippen molar-refractivity contribution in [2.24, 2.45) is 5.92 Å². The van der Waals surface area contributed by atoms with Gasteiger partial charge in [0.1, 0.15) is 5.75 Å². The molecule has 1 aromatic rings. The topological polar surface area (TPSA) is 61.8 Å². The Morgan fingerprint density at radius 1 is 1.45 bits per heavy atom. The third kappa shape index (κ3) is 3.11. The summed E-state index contributed by atoms with van der Waals surface area (Å²) >= 11 is 0. The molecule has 0 aromatic heterocycles. The lowest BCUT2D eigenvalue weighted by Gasteiger charge is -2.48. The zero-order chi connectivity index (χ0) is 14.8. The summed E-state index contributed by atoms with van der Waals surface area (Å²) in [5.41, 5.74) is 0.0182. The van der Waals surface area contributed by atoms with Crippen molar-refractivity contribution in [2.75, 3.05) is 32.1 Å². The number of β-amino-alcohol motifs (C(OH)–C–C–N with tert-alkyl or cyclic N) is 1. The normalized spacial score (nSPS) is 17.6. The predicted molar refractivity (Wildman–Crippen MR) is 77.9 cm³/mol. The van der Waals surface area contributed by atoms with Gasteiger partial charge in [0.15, 0.2) is 0 Å². The molecule has 2 rings (SSSR count). The largest absolute Gasteiger partial charge is 0.495 e. The fraction of sp³-hybridized carbons (Fsp3) is 0.533. The van der Waals surface area contributed by atoms with Crippen molar-refractivity contribution >= 4 is 11.6 Å². The van der Waals surface area contributed by atoms with Gasteiger partial charge in [0.2, 0.25) is 5.91 Å². The van der Waals surface area contributed by atoms with E-state index in [1.807, 2.05) is 30.9 Å². The smallest absolute Gasteiger partial charge is 0.238 e. The number of carbonyl (C=O) groups is 1. The van der Waals surface area contributed by atoms with Crippen LogP contribution in [0.3, 0.4) is 0 Å². The molecule has 5 nitrogen and oxygen atoms in total. The average molecular weight is 278 g/mol. The summed E-state index contributed by atoms with van der Waals surface area (Å²) in [6, 6.07) is 7.31. The Labute approximate surface area is 119 Å². The third-order valence-corrected chi connectivity index (χ3v) is 3.82. The average Bonchev–Trinajstić information content (AvgIpc) is 2.37. The van der Waals surface area contributed by atoms with E-state index in [2.05, 4.69) is 5.32 Å². The molecule has 5 heteroatoms. The molecule has 0 unspecified atom stereocenters. The first-order valence-corrected chi connectivity index (χ1v) is 6.82. The lowest BCUT2D eigenvalue weighted by Crippen LogP contribution is -2.65. The minimum absolute atomic E-state index is 0.0969. The van der Waals surface area contributed by atoms with Crippen LogP contribution in [0, 0.1) is 5.92 Å². The Morgan fingerprint density at radius 2 is 2.10 bits per heavy atom. The summed E-state index contributed by atoms with van der Waals surface area (Å²) in [6.45, 7) is 5.36. The molecule has 1 fully saturated rings. The number of carbonyl (C=O) groups excluding carboxylic acids is 1. The lowest BCUT2D eigenvalue weighted by atomic mass is 9.83. The molecule has 1 aliphatic rings. The van der Waals surface area contributed by atoms with Crippen molar-refractivity contribution < 1.29 is 14.6 Å². The minimum Gasteiger partial charge on any atom is -0.495 e. The van der Waals surface area contributed by atoms with E-state index >= 15 is 0 Å². The minimum atomic E-state index is -0.648. The van der Waals surface area contributed by atoms with Gasteiger partial charge in [-0.3, -0.25) is 9.69 Å². The van der Waals surface area contributed by atoms with Gasteiger partial charge in [0.05, 0.1) is 24.9 Å². The first-order valence-electron chi connectivity index (χ1n) is 6.82. The summed E-state index contributed by atoms with van der Waals surface area (Å²) in [4.78, 5) is 13.9. The molecule has 0 bridgehead atoms. The zero-order valence-electron chi connectivity index (χ0n) is 12.2. The standard InChI is InChI=1S/C15H22N2O3/c1-11(2)15(19)9-17(10-15)8-14(18)16-12-6-4-5-7-13(12)20-3/h4-7,11,19H,8-10H2,1-3H3,(H,16,18). The van der Waals surface area contributed by atoms with Crippen LogP contribution in [0.1, 0.15) is 13.8 Å². The molecule has 0 atom stereocenters. The molecule has 0 spiro atoms. The fourth-order valence-corrected chi connectivity index (χ4v) is 2.35. The van der Waals surface area contributed by atoms with Crippen LogP contribution in [0.15, 0.2) is 24.3 Å². The van der Waals surface area contributed by atoms with Crippen LogP contribution in [0.5, 0.6) is 5.75 Å². The number of para-hydroxylation sites is 2. The van der Waals surface area contributed by atoms with Gasteiger partial charge in [0, 0.05) is 13.1 Å². The highest BCUT2D eigenvalue weighted by Crippen LogP contribution is 2.28. The zero-order valence-corrected chi connectivity index (χ0v) is 12.2. The van der Waals surface area contributed by atoms with E-state index in [0.717, 1.165) is 0 Å². The second kappa shape index (κ2) is 5.81. The van der Waals surface area contributed by atoms with E-state index in [4.69, 9.17) is 4.74 Å². The molecular formula is C15H22N2O3. The maximum atomic E-state index is 12.0. The first kappa shape index (κ1) is 14.8. The van der Waals surface area contributed by atoms with Crippen LogP contribution >= 0.6 is 0 Å². The summed E-state index contributed by atoms with van der Waals surface area (Å²) in [7, 11) is 1.57. The van der Waals surface area contributed by atoms with Gasteiger partial charge in [-0.05, 0) is 18.1 Å². The van der Waals surface area contributed by atoms with Gasteiger partial charge in [-0.15, -0.1) is 0 Å². The van der Waals surface area contributed by atoms with E-state index < -0.39 is 5.60 Å². The molecule has 110 valence electrons. The van der Waals surface area contributed by atoms with Crippen LogP contribution in [-0.2, 0) is 4.79 Å². The Morgan fingerprint density at radius 3 is 2.70 bits per heavy atom. The van der Waals surface area contributed by atoms with E-state index in [9.17, 15) is 9.90 Å². The third-order valence-electron chi connectivity index (χ3n) is 3.82.